The van der Waals surface area contributed by atoms with E-state index in [9.17, 15) is 0 Å². The lowest BCUT2D eigenvalue weighted by molar-refractivity contribution is 0.406. The summed E-state index contributed by atoms with van der Waals surface area (Å²) in [6.45, 7) is 6.02. The van der Waals surface area contributed by atoms with Gasteiger partial charge in [0.2, 0.25) is 0 Å². The van der Waals surface area contributed by atoms with Crippen LogP contribution in [0.2, 0.25) is 0 Å². The van der Waals surface area contributed by atoms with Crippen LogP contribution in [0, 0.1) is 5.92 Å². The maximum absolute atomic E-state index is 5.75. The van der Waals surface area contributed by atoms with Gasteiger partial charge in [0.05, 0.1) is 0 Å². The molecule has 0 aliphatic carbocycles. The second kappa shape index (κ2) is 5.63. The van der Waals surface area contributed by atoms with E-state index in [1.165, 1.54) is 15.0 Å². The van der Waals surface area contributed by atoms with Gasteiger partial charge in [0.25, 0.3) is 0 Å². The zero-order chi connectivity index (χ0) is 12.3. The molecule has 1 heterocycles. The molecule has 0 aliphatic heterocycles. The van der Waals surface area contributed by atoms with E-state index in [-0.39, 0.29) is 0 Å². The Labute approximate surface area is 107 Å². The van der Waals surface area contributed by atoms with Gasteiger partial charge in [-0.15, -0.1) is 11.3 Å². The first-order valence-electron chi connectivity index (χ1n) is 6.11. The number of nitrogens with two attached hydrogens (primary N) is 1. The molecule has 0 bridgehead atoms. The maximum Gasteiger partial charge on any atom is 0.0346 e. The van der Waals surface area contributed by atoms with E-state index in [1.807, 2.05) is 11.3 Å². The summed E-state index contributed by atoms with van der Waals surface area (Å²) in [6, 6.07) is 11.2. The highest BCUT2D eigenvalue weighted by atomic mass is 32.1. The molecule has 17 heavy (non-hydrogen) atoms. The topological polar surface area (TPSA) is 38.0 Å². The molecule has 1 unspecified atom stereocenters. The Hall–Kier alpha value is -0.900. The number of benzene rings is 1. The van der Waals surface area contributed by atoms with Crippen LogP contribution in [0.3, 0.4) is 0 Å². The van der Waals surface area contributed by atoms with Crippen molar-refractivity contribution >= 4 is 21.4 Å². The quantitative estimate of drug-likeness (QED) is 0.853. The Bertz CT molecular complexity index is 443. The van der Waals surface area contributed by atoms with Crippen molar-refractivity contribution < 1.29 is 0 Å². The first-order chi connectivity index (χ1) is 8.20. The van der Waals surface area contributed by atoms with Gasteiger partial charge in [-0.25, -0.2) is 0 Å². The lowest BCUT2D eigenvalue weighted by atomic mass is 10.1. The Kier molecular flexibility index (Phi) is 4.15. The number of fused-ring (bicyclic) bond motifs is 1. The Morgan fingerprint density at radius 2 is 2.06 bits per heavy atom. The molecular weight excluding hydrogens is 228 g/mol. The lowest BCUT2D eigenvalue weighted by Gasteiger charge is -2.19. The molecule has 0 saturated carbocycles. The van der Waals surface area contributed by atoms with E-state index in [2.05, 4.69) is 49.5 Å². The van der Waals surface area contributed by atoms with Gasteiger partial charge < -0.3 is 11.1 Å². The van der Waals surface area contributed by atoms with Crippen LogP contribution in [0.1, 0.15) is 18.7 Å². The maximum atomic E-state index is 5.75. The number of nitrogens with one attached hydrogen (secondary N) is 1. The van der Waals surface area contributed by atoms with E-state index in [4.69, 9.17) is 5.73 Å². The smallest absolute Gasteiger partial charge is 0.0346 e. The van der Waals surface area contributed by atoms with E-state index >= 15 is 0 Å². The summed E-state index contributed by atoms with van der Waals surface area (Å²) in [7, 11) is 0. The average Bonchev–Trinajstić information content (AvgIpc) is 2.71. The fourth-order valence-corrected chi connectivity index (χ4v) is 2.96. The van der Waals surface area contributed by atoms with Crippen molar-refractivity contribution in [3.8, 4) is 0 Å². The lowest BCUT2D eigenvalue weighted by Crippen LogP contribution is -2.39. The molecule has 1 atom stereocenters. The summed E-state index contributed by atoms with van der Waals surface area (Å²) >= 11 is 1.86. The van der Waals surface area contributed by atoms with E-state index < -0.39 is 0 Å². The summed E-state index contributed by atoms with van der Waals surface area (Å²) in [4.78, 5) is 1.38. The van der Waals surface area contributed by atoms with Gasteiger partial charge in [0, 0.05) is 28.7 Å². The molecule has 0 saturated heterocycles. The molecule has 3 heteroatoms. The molecule has 2 nitrogen and oxygen atoms in total. The molecule has 2 rings (SSSR count). The van der Waals surface area contributed by atoms with Crippen molar-refractivity contribution in [2.24, 2.45) is 11.7 Å². The minimum absolute atomic E-state index is 0.403. The van der Waals surface area contributed by atoms with Crippen LogP contribution in [0.5, 0.6) is 0 Å². The first-order valence-corrected chi connectivity index (χ1v) is 6.93. The summed E-state index contributed by atoms with van der Waals surface area (Å²) in [5.74, 6) is 0.578. The van der Waals surface area contributed by atoms with Crippen LogP contribution in [0.15, 0.2) is 30.3 Å². The molecular formula is C14H20N2S. The van der Waals surface area contributed by atoms with Crippen LogP contribution in [-0.2, 0) is 6.54 Å². The molecule has 0 aliphatic rings. The monoisotopic (exact) mass is 248 g/mol. The summed E-state index contributed by atoms with van der Waals surface area (Å²) < 4.78 is 1.36. The van der Waals surface area contributed by atoms with Crippen molar-refractivity contribution in [2.45, 2.75) is 26.4 Å². The number of hydrogen-bond acceptors (Lipinski definition) is 3. The predicted molar refractivity (Wildman–Crippen MR) is 76.3 cm³/mol. The van der Waals surface area contributed by atoms with Crippen LogP contribution < -0.4 is 11.1 Å². The summed E-state index contributed by atoms with van der Waals surface area (Å²) in [5.41, 5.74) is 5.75. The van der Waals surface area contributed by atoms with Crippen LogP contribution in [0.4, 0.5) is 0 Å². The van der Waals surface area contributed by atoms with Gasteiger partial charge in [-0.05, 0) is 23.4 Å². The van der Waals surface area contributed by atoms with Crippen molar-refractivity contribution in [3.05, 3.63) is 35.2 Å². The molecule has 0 radical (unpaired) electrons. The fraction of sp³-hybridized carbons (Fsp3) is 0.429. The SMILES string of the molecule is CC(C)C(CN)NCc1cc2ccccc2s1. The molecule has 0 fully saturated rings. The fourth-order valence-electron chi connectivity index (χ4n) is 1.95. The van der Waals surface area contributed by atoms with E-state index in [1.54, 1.807) is 0 Å². The van der Waals surface area contributed by atoms with E-state index in [0.29, 0.717) is 18.5 Å². The Morgan fingerprint density at radius 3 is 2.71 bits per heavy atom. The third kappa shape index (κ3) is 3.06. The highest BCUT2D eigenvalue weighted by Gasteiger charge is 2.10. The van der Waals surface area contributed by atoms with Crippen LogP contribution in [0.25, 0.3) is 10.1 Å². The van der Waals surface area contributed by atoms with Crippen LogP contribution in [-0.4, -0.2) is 12.6 Å². The van der Waals surface area contributed by atoms with Gasteiger partial charge in [-0.1, -0.05) is 32.0 Å². The van der Waals surface area contributed by atoms with Crippen molar-refractivity contribution in [1.29, 1.82) is 0 Å². The van der Waals surface area contributed by atoms with Crippen molar-refractivity contribution in [3.63, 3.8) is 0 Å². The van der Waals surface area contributed by atoms with Gasteiger partial charge in [0.1, 0.15) is 0 Å². The zero-order valence-corrected chi connectivity index (χ0v) is 11.3. The summed E-state index contributed by atoms with van der Waals surface area (Å²) in [6.07, 6.45) is 0. The molecule has 0 amide bonds. The van der Waals surface area contributed by atoms with Gasteiger partial charge in [0.15, 0.2) is 0 Å². The third-order valence-corrected chi connectivity index (χ3v) is 4.19. The second-order valence-electron chi connectivity index (χ2n) is 4.72. The Morgan fingerprint density at radius 1 is 1.29 bits per heavy atom. The normalized spacial score (nSPS) is 13.4. The standard InChI is InChI=1S/C14H20N2S/c1-10(2)13(8-15)16-9-12-7-11-5-3-4-6-14(11)17-12/h3-7,10,13,16H,8-9,15H2,1-2H3. The number of thiophene rings is 1. The highest BCUT2D eigenvalue weighted by Crippen LogP contribution is 2.25. The molecule has 0 spiro atoms. The minimum Gasteiger partial charge on any atom is -0.329 e. The van der Waals surface area contributed by atoms with Crippen molar-refractivity contribution in [1.82, 2.24) is 5.32 Å². The molecule has 1 aromatic heterocycles. The average molecular weight is 248 g/mol. The minimum atomic E-state index is 0.403. The second-order valence-corrected chi connectivity index (χ2v) is 5.89. The van der Waals surface area contributed by atoms with E-state index in [0.717, 1.165) is 6.54 Å². The molecule has 1 aromatic carbocycles. The van der Waals surface area contributed by atoms with Crippen LogP contribution >= 0.6 is 11.3 Å². The third-order valence-electron chi connectivity index (χ3n) is 3.07. The first kappa shape index (κ1) is 12.6. The number of rotatable bonds is 5. The summed E-state index contributed by atoms with van der Waals surface area (Å²) in [5, 5.41) is 4.87. The van der Waals surface area contributed by atoms with Gasteiger partial charge in [-0.3, -0.25) is 0 Å². The molecule has 92 valence electrons. The van der Waals surface area contributed by atoms with Gasteiger partial charge >= 0.3 is 0 Å². The number of hydrogen-bond donors (Lipinski definition) is 2. The molecule has 3 N–H and O–H groups in total. The van der Waals surface area contributed by atoms with Gasteiger partial charge in [-0.2, -0.15) is 0 Å². The largest absolute Gasteiger partial charge is 0.329 e. The highest BCUT2D eigenvalue weighted by molar-refractivity contribution is 7.19. The molecule has 2 aromatic rings. The Balaban J connectivity index is 2.03. The van der Waals surface area contributed by atoms with Crippen molar-refractivity contribution in [2.75, 3.05) is 6.54 Å². The zero-order valence-electron chi connectivity index (χ0n) is 10.4. The predicted octanol–water partition coefficient (Wildman–Crippen LogP) is 2.97.